The van der Waals surface area contributed by atoms with Gasteiger partial charge in [0.05, 0.1) is 4.90 Å². The third-order valence-corrected chi connectivity index (χ3v) is 5.77. The molecule has 0 aliphatic rings. The second kappa shape index (κ2) is 7.73. The van der Waals surface area contributed by atoms with Gasteiger partial charge in [-0.15, -0.1) is 0 Å². The molecular weight excluding hydrogens is 308 g/mol. The number of aryl methyl sites for hydroxylation is 2. The molecule has 2 aromatic carbocycles. The summed E-state index contributed by atoms with van der Waals surface area (Å²) in [6.07, 6.45) is 0.636. The first-order chi connectivity index (χ1) is 10.9. The molecule has 23 heavy (non-hydrogen) atoms. The third kappa shape index (κ3) is 4.41. The van der Waals surface area contributed by atoms with E-state index in [0.717, 1.165) is 16.7 Å². The summed E-state index contributed by atoms with van der Waals surface area (Å²) in [6, 6.07) is 15.1. The molecule has 2 N–H and O–H groups in total. The lowest BCUT2D eigenvalue weighted by Gasteiger charge is -2.23. The maximum atomic E-state index is 13.1. The molecule has 2 rings (SSSR count). The molecule has 0 aromatic heterocycles. The standard InChI is InChI=1S/C18H24N2O2S/c1-15-9-10-18(16(2)13-15)23(21,22)20(12-6-11-19)14-17-7-4-3-5-8-17/h3-5,7-10,13H,6,11-12,14,19H2,1-2H3. The smallest absolute Gasteiger partial charge is 0.243 e. The highest BCUT2D eigenvalue weighted by atomic mass is 32.2. The molecule has 0 bridgehead atoms. The van der Waals surface area contributed by atoms with Crippen molar-refractivity contribution < 1.29 is 8.42 Å². The van der Waals surface area contributed by atoms with Crippen LogP contribution in [-0.4, -0.2) is 25.8 Å². The van der Waals surface area contributed by atoms with Gasteiger partial charge in [0.25, 0.3) is 0 Å². The lowest BCUT2D eigenvalue weighted by Crippen LogP contribution is -2.33. The Kier molecular flexibility index (Phi) is 5.93. The average Bonchev–Trinajstić information content (AvgIpc) is 2.52. The fourth-order valence-electron chi connectivity index (χ4n) is 2.57. The Balaban J connectivity index is 2.36. The quantitative estimate of drug-likeness (QED) is 0.848. The first-order valence-electron chi connectivity index (χ1n) is 7.76. The van der Waals surface area contributed by atoms with Gasteiger partial charge >= 0.3 is 0 Å². The SMILES string of the molecule is Cc1ccc(S(=O)(=O)N(CCCN)Cc2ccccc2)c(C)c1. The number of hydrogen-bond donors (Lipinski definition) is 1. The van der Waals surface area contributed by atoms with Gasteiger partial charge in [-0.3, -0.25) is 0 Å². The molecule has 0 spiro atoms. The van der Waals surface area contributed by atoms with Crippen LogP contribution >= 0.6 is 0 Å². The Morgan fingerprint density at radius 1 is 1.04 bits per heavy atom. The molecule has 0 unspecified atom stereocenters. The van der Waals surface area contributed by atoms with Crippen molar-refractivity contribution in [1.29, 1.82) is 0 Å². The van der Waals surface area contributed by atoms with Crippen LogP contribution in [0.15, 0.2) is 53.4 Å². The first kappa shape index (κ1) is 17.7. The molecule has 5 heteroatoms. The minimum Gasteiger partial charge on any atom is -0.330 e. The van der Waals surface area contributed by atoms with Gasteiger partial charge in [0, 0.05) is 13.1 Å². The maximum absolute atomic E-state index is 13.1. The molecule has 0 atom stereocenters. The van der Waals surface area contributed by atoms with E-state index in [1.807, 2.05) is 56.3 Å². The monoisotopic (exact) mass is 332 g/mol. The third-order valence-electron chi connectivity index (χ3n) is 3.76. The number of sulfonamides is 1. The highest BCUT2D eigenvalue weighted by Crippen LogP contribution is 2.23. The van der Waals surface area contributed by atoms with Gasteiger partial charge in [0.15, 0.2) is 0 Å². The molecule has 0 radical (unpaired) electrons. The molecule has 4 nitrogen and oxygen atoms in total. The number of rotatable bonds is 7. The highest BCUT2D eigenvalue weighted by Gasteiger charge is 2.25. The lowest BCUT2D eigenvalue weighted by molar-refractivity contribution is 0.401. The minimum atomic E-state index is -3.54. The van der Waals surface area contributed by atoms with Gasteiger partial charge in [-0.2, -0.15) is 4.31 Å². The van der Waals surface area contributed by atoms with Gasteiger partial charge in [-0.25, -0.2) is 8.42 Å². The molecule has 2 aromatic rings. The second-order valence-electron chi connectivity index (χ2n) is 5.74. The van der Waals surface area contributed by atoms with E-state index < -0.39 is 10.0 Å². The van der Waals surface area contributed by atoms with Crippen molar-refractivity contribution in [1.82, 2.24) is 4.31 Å². The van der Waals surface area contributed by atoms with E-state index >= 15 is 0 Å². The molecule has 0 saturated heterocycles. The summed E-state index contributed by atoms with van der Waals surface area (Å²) in [5.74, 6) is 0. The van der Waals surface area contributed by atoms with Crippen LogP contribution in [0.2, 0.25) is 0 Å². The van der Waals surface area contributed by atoms with Crippen LogP contribution < -0.4 is 5.73 Å². The first-order valence-corrected chi connectivity index (χ1v) is 9.20. The maximum Gasteiger partial charge on any atom is 0.243 e. The van der Waals surface area contributed by atoms with Crippen molar-refractivity contribution in [2.24, 2.45) is 5.73 Å². The Hall–Kier alpha value is -1.69. The Morgan fingerprint density at radius 3 is 2.35 bits per heavy atom. The number of nitrogens with two attached hydrogens (primary N) is 1. The van der Waals surface area contributed by atoms with Crippen molar-refractivity contribution in [3.63, 3.8) is 0 Å². The van der Waals surface area contributed by atoms with Crippen molar-refractivity contribution in [3.8, 4) is 0 Å². The van der Waals surface area contributed by atoms with E-state index in [2.05, 4.69) is 0 Å². The zero-order valence-electron chi connectivity index (χ0n) is 13.7. The molecular formula is C18H24N2O2S. The van der Waals surface area contributed by atoms with E-state index in [9.17, 15) is 8.42 Å². The van der Waals surface area contributed by atoms with Gasteiger partial charge < -0.3 is 5.73 Å². The molecule has 124 valence electrons. The number of hydrogen-bond acceptors (Lipinski definition) is 3. The zero-order chi connectivity index (χ0) is 16.9. The summed E-state index contributed by atoms with van der Waals surface area (Å²) in [5.41, 5.74) is 8.38. The van der Waals surface area contributed by atoms with Crippen LogP contribution in [0.25, 0.3) is 0 Å². The Bertz CT molecular complexity index is 743. The van der Waals surface area contributed by atoms with E-state index in [1.54, 1.807) is 6.07 Å². The van der Waals surface area contributed by atoms with Crippen LogP contribution in [0.4, 0.5) is 0 Å². The Labute approximate surface area is 139 Å². The molecule has 0 fully saturated rings. The van der Waals surface area contributed by atoms with E-state index in [-0.39, 0.29) is 0 Å². The largest absolute Gasteiger partial charge is 0.330 e. The summed E-state index contributed by atoms with van der Waals surface area (Å²) in [4.78, 5) is 0.371. The predicted molar refractivity (Wildman–Crippen MR) is 93.6 cm³/mol. The van der Waals surface area contributed by atoms with Crippen molar-refractivity contribution in [3.05, 3.63) is 65.2 Å². The fraction of sp³-hybridized carbons (Fsp3) is 0.333. The van der Waals surface area contributed by atoms with Crippen LogP contribution in [0.3, 0.4) is 0 Å². The van der Waals surface area contributed by atoms with Crippen LogP contribution in [0.1, 0.15) is 23.1 Å². The molecule has 0 aliphatic heterocycles. The van der Waals surface area contributed by atoms with Crippen LogP contribution in [-0.2, 0) is 16.6 Å². The molecule has 0 saturated carbocycles. The predicted octanol–water partition coefficient (Wildman–Crippen LogP) is 2.84. The second-order valence-corrected chi connectivity index (χ2v) is 7.64. The van der Waals surface area contributed by atoms with E-state index in [0.29, 0.717) is 31.0 Å². The molecule has 0 aliphatic carbocycles. The van der Waals surface area contributed by atoms with E-state index in [4.69, 9.17) is 5.73 Å². The summed E-state index contributed by atoms with van der Waals surface area (Å²) < 4.78 is 27.6. The van der Waals surface area contributed by atoms with Gasteiger partial charge in [-0.1, -0.05) is 48.0 Å². The van der Waals surface area contributed by atoms with Crippen molar-refractivity contribution in [2.75, 3.05) is 13.1 Å². The summed E-state index contributed by atoms with van der Waals surface area (Å²) in [6.45, 7) is 5.04. The topological polar surface area (TPSA) is 63.4 Å². The normalized spacial score (nSPS) is 11.8. The number of benzene rings is 2. The number of nitrogens with zero attached hydrogens (tertiary/aromatic N) is 1. The van der Waals surface area contributed by atoms with Gasteiger partial charge in [-0.05, 0) is 44.0 Å². The minimum absolute atomic E-state index is 0.358. The zero-order valence-corrected chi connectivity index (χ0v) is 14.5. The average molecular weight is 332 g/mol. The van der Waals surface area contributed by atoms with Crippen LogP contribution in [0.5, 0.6) is 0 Å². The molecule has 0 heterocycles. The molecule has 0 amide bonds. The summed E-state index contributed by atoms with van der Waals surface area (Å²) >= 11 is 0. The summed E-state index contributed by atoms with van der Waals surface area (Å²) in [7, 11) is -3.54. The summed E-state index contributed by atoms with van der Waals surface area (Å²) in [5, 5.41) is 0. The fourth-order valence-corrected chi connectivity index (χ4v) is 4.24. The van der Waals surface area contributed by atoms with Crippen LogP contribution in [0, 0.1) is 13.8 Å². The van der Waals surface area contributed by atoms with Gasteiger partial charge in [0.1, 0.15) is 0 Å². The van der Waals surface area contributed by atoms with Crippen molar-refractivity contribution in [2.45, 2.75) is 31.7 Å². The van der Waals surface area contributed by atoms with E-state index in [1.165, 1.54) is 4.31 Å². The highest BCUT2D eigenvalue weighted by molar-refractivity contribution is 7.89. The Morgan fingerprint density at radius 2 is 1.74 bits per heavy atom. The van der Waals surface area contributed by atoms with Gasteiger partial charge in [0.2, 0.25) is 10.0 Å². The van der Waals surface area contributed by atoms with Crippen molar-refractivity contribution >= 4 is 10.0 Å². The lowest BCUT2D eigenvalue weighted by atomic mass is 10.2.